The van der Waals surface area contributed by atoms with Crippen LogP contribution in [0.1, 0.15) is 58.8 Å². The average Bonchev–Trinajstić information content (AvgIpc) is 2.96. The van der Waals surface area contributed by atoms with Gasteiger partial charge in [-0.15, -0.1) is 13.1 Å². The molecule has 0 unspecified atom stereocenters. The van der Waals surface area contributed by atoms with Crippen LogP contribution in [-0.2, 0) is 44.1 Å². The number of halogens is 2. The van der Waals surface area contributed by atoms with Gasteiger partial charge in [0.25, 0.3) is 5.91 Å². The molecule has 2 aliphatic rings. The van der Waals surface area contributed by atoms with Gasteiger partial charge < -0.3 is 26.2 Å². The third-order valence-electron chi connectivity index (χ3n) is 6.90. The monoisotopic (exact) mass is 673 g/mol. The molecule has 217 valence electrons. The summed E-state index contributed by atoms with van der Waals surface area (Å²) in [5, 5.41) is 21.4. The second kappa shape index (κ2) is 18.0. The molecule has 1 fully saturated rings. The van der Waals surface area contributed by atoms with E-state index in [1.165, 1.54) is 0 Å². The Bertz CT molecular complexity index is 1260. The van der Waals surface area contributed by atoms with Gasteiger partial charge in [-0.3, -0.25) is 9.59 Å². The summed E-state index contributed by atoms with van der Waals surface area (Å²) < 4.78 is 0. The van der Waals surface area contributed by atoms with Crippen molar-refractivity contribution in [1.29, 1.82) is 0 Å². The Morgan fingerprint density at radius 1 is 0.976 bits per heavy atom. The van der Waals surface area contributed by atoms with Crippen molar-refractivity contribution in [3.8, 4) is 0 Å². The molecule has 0 aliphatic carbocycles. The maximum atomic E-state index is 13.5. The quantitative estimate of drug-likeness (QED) is 0.321. The Kier molecular flexibility index (Phi) is 15.5. The molecule has 0 spiro atoms. The van der Waals surface area contributed by atoms with Crippen LogP contribution in [0.4, 0.5) is 0 Å². The van der Waals surface area contributed by atoms with E-state index >= 15 is 0 Å². The first-order valence-corrected chi connectivity index (χ1v) is 14.1. The number of benzene rings is 3. The molecule has 2 heterocycles. The van der Waals surface area contributed by atoms with E-state index in [-0.39, 0.29) is 51.8 Å². The van der Waals surface area contributed by atoms with E-state index in [2.05, 4.69) is 5.32 Å². The van der Waals surface area contributed by atoms with Crippen LogP contribution in [0, 0.1) is 5.92 Å². The molecular weight excluding hydrogens is 638 g/mol. The van der Waals surface area contributed by atoms with Gasteiger partial charge in [0, 0.05) is 61.5 Å². The molecule has 5 rings (SSSR count). The van der Waals surface area contributed by atoms with Crippen LogP contribution in [0.15, 0.2) is 72.8 Å². The van der Waals surface area contributed by atoms with Crippen LogP contribution in [-0.4, -0.2) is 53.2 Å². The maximum absolute atomic E-state index is 13.5. The molecule has 0 bridgehead atoms. The minimum atomic E-state index is -0.684. The number of hydrogen-bond donors (Lipinski definition) is 3. The summed E-state index contributed by atoms with van der Waals surface area (Å²) in [5.74, 6) is -0.944. The van der Waals surface area contributed by atoms with Crippen molar-refractivity contribution in [2.75, 3.05) is 26.2 Å². The van der Waals surface area contributed by atoms with E-state index in [9.17, 15) is 9.59 Å². The number of piperidine rings is 1. The molecule has 7 nitrogen and oxygen atoms in total. The summed E-state index contributed by atoms with van der Waals surface area (Å²) in [6.45, 7) is 4.21. The van der Waals surface area contributed by atoms with Crippen molar-refractivity contribution in [2.45, 2.75) is 38.3 Å². The smallest absolute Gasteiger partial charge is 0.254 e. The van der Waals surface area contributed by atoms with Crippen molar-refractivity contribution in [3.63, 3.8) is 0 Å². The first kappa shape index (κ1) is 35.4. The third-order valence-corrected chi connectivity index (χ3v) is 7.46. The number of nitrogens with two attached hydrogens (primary N) is 1. The van der Waals surface area contributed by atoms with Crippen LogP contribution in [0.25, 0.3) is 5.32 Å². The van der Waals surface area contributed by atoms with E-state index in [1.54, 1.807) is 42.2 Å². The summed E-state index contributed by atoms with van der Waals surface area (Å²) in [5.41, 5.74) is 8.69. The van der Waals surface area contributed by atoms with Gasteiger partial charge in [0.1, 0.15) is 0 Å². The maximum Gasteiger partial charge on any atom is 0.254 e. The van der Waals surface area contributed by atoms with Gasteiger partial charge in [0.2, 0.25) is 5.91 Å². The SMILES string of the molecule is CCO.NC(=O)[C@@H]1c2ccccc2C(=O)N(CC2CC[N-]CC2)[C@H]1c1ccc(Cl)cc1Cl.OCc1ccccc1.[Y]. The van der Waals surface area contributed by atoms with Crippen molar-refractivity contribution in [3.05, 3.63) is 110 Å². The first-order valence-electron chi connectivity index (χ1n) is 13.3. The predicted octanol–water partition coefficient (Wildman–Crippen LogP) is 5.72. The minimum Gasteiger partial charge on any atom is -0.662 e. The molecule has 1 radical (unpaired) electrons. The number of rotatable bonds is 5. The Morgan fingerprint density at radius 2 is 1.59 bits per heavy atom. The molecule has 3 aromatic rings. The standard InChI is InChI=1S/C22H22Cl2N3O2.C7H8O.C2H6O.Y/c23-14-5-6-17(18(24)11-14)20-19(21(25)28)15-3-1-2-4-16(15)22(29)27(20)12-13-7-9-26-10-8-13;8-6-7-4-2-1-3-5-7;1-2-3;/h1-6,11,13,19-20H,7-10,12H2,(H2,25,28);1-5,8H,6H2;3H,2H2,1H3;/q-1;;;/t19-,20+;;;/m1.../s1. The van der Waals surface area contributed by atoms with Gasteiger partial charge in [-0.05, 0) is 47.7 Å². The van der Waals surface area contributed by atoms with Gasteiger partial charge in [-0.25, -0.2) is 0 Å². The van der Waals surface area contributed by atoms with Crippen LogP contribution >= 0.6 is 23.2 Å². The number of fused-ring (bicyclic) bond motifs is 1. The summed E-state index contributed by atoms with van der Waals surface area (Å²) >= 11 is 12.6. The van der Waals surface area contributed by atoms with Crippen molar-refractivity contribution < 1.29 is 52.5 Å². The van der Waals surface area contributed by atoms with E-state index in [0.717, 1.165) is 31.5 Å². The van der Waals surface area contributed by atoms with Crippen LogP contribution in [0.2, 0.25) is 10.0 Å². The zero-order valence-corrected chi connectivity index (χ0v) is 27.5. The largest absolute Gasteiger partial charge is 0.662 e. The molecule has 3 aromatic carbocycles. The number of carbonyl (C=O) groups excluding carboxylic acids is 2. The van der Waals surface area contributed by atoms with Gasteiger partial charge in [-0.1, -0.05) is 90.6 Å². The number of nitrogens with zero attached hydrogens (tertiary/aromatic N) is 2. The van der Waals surface area contributed by atoms with E-state index in [1.807, 2.05) is 42.5 Å². The van der Waals surface area contributed by atoms with E-state index < -0.39 is 17.9 Å². The Morgan fingerprint density at radius 3 is 2.15 bits per heavy atom. The Hall–Kier alpha value is -1.84. The van der Waals surface area contributed by atoms with Crippen molar-refractivity contribution in [2.24, 2.45) is 11.7 Å². The molecule has 2 amide bonds. The van der Waals surface area contributed by atoms with Gasteiger partial charge in [0.15, 0.2) is 0 Å². The zero-order chi connectivity index (χ0) is 29.1. The minimum absolute atomic E-state index is 0. The molecule has 1 saturated heterocycles. The average molecular weight is 674 g/mol. The third kappa shape index (κ3) is 9.58. The Balaban J connectivity index is 0.000000415. The second-order valence-corrected chi connectivity index (χ2v) is 10.5. The molecule has 41 heavy (non-hydrogen) atoms. The molecule has 0 saturated carbocycles. The molecule has 0 aromatic heterocycles. The normalized spacial score (nSPS) is 18.1. The summed E-state index contributed by atoms with van der Waals surface area (Å²) in [4.78, 5) is 27.9. The van der Waals surface area contributed by atoms with E-state index in [4.69, 9.17) is 39.1 Å². The van der Waals surface area contributed by atoms with E-state index in [0.29, 0.717) is 39.2 Å². The fourth-order valence-corrected chi connectivity index (χ4v) is 5.56. The topological polar surface area (TPSA) is 118 Å². The zero-order valence-electron chi connectivity index (χ0n) is 23.1. The summed E-state index contributed by atoms with van der Waals surface area (Å²) in [7, 11) is 0. The summed E-state index contributed by atoms with van der Waals surface area (Å²) in [6.07, 6.45) is 1.85. The molecule has 2 atom stereocenters. The number of aliphatic hydroxyl groups excluding tert-OH is 2. The number of primary amides is 1. The molecule has 2 aliphatic heterocycles. The molecule has 10 heteroatoms. The Labute approximate surface area is 277 Å². The van der Waals surface area contributed by atoms with Gasteiger partial charge in [-0.2, -0.15) is 0 Å². The first-order chi connectivity index (χ1) is 19.3. The molecule has 4 N–H and O–H groups in total. The summed E-state index contributed by atoms with van der Waals surface area (Å²) in [6, 6.07) is 21.3. The number of amides is 2. The predicted molar refractivity (Wildman–Crippen MR) is 160 cm³/mol. The fraction of sp³-hybridized carbons (Fsp3) is 0.355. The number of hydrogen-bond acceptors (Lipinski definition) is 4. The van der Waals surface area contributed by atoms with Crippen LogP contribution in [0.3, 0.4) is 0 Å². The van der Waals surface area contributed by atoms with Crippen LogP contribution < -0.4 is 5.73 Å². The van der Waals surface area contributed by atoms with Gasteiger partial charge in [0.05, 0.1) is 18.6 Å². The number of carbonyl (C=O) groups is 2. The van der Waals surface area contributed by atoms with Crippen LogP contribution in [0.5, 0.6) is 0 Å². The second-order valence-electron chi connectivity index (χ2n) is 9.61. The van der Waals surface area contributed by atoms with Crippen molar-refractivity contribution in [1.82, 2.24) is 4.90 Å². The number of aliphatic hydroxyl groups is 2. The fourth-order valence-electron chi connectivity index (χ4n) is 5.04. The molecular formula is C31H36Cl2N3O4Y-. The van der Waals surface area contributed by atoms with Gasteiger partial charge >= 0.3 is 0 Å². The van der Waals surface area contributed by atoms with Crippen molar-refractivity contribution >= 4 is 35.0 Å².